The molecule has 160 valence electrons. The third-order valence-electron chi connectivity index (χ3n) is 5.05. The lowest BCUT2D eigenvalue weighted by Gasteiger charge is -2.22. The Balaban J connectivity index is 1.57. The van der Waals surface area contributed by atoms with Gasteiger partial charge in [-0.05, 0) is 54.9 Å². The highest BCUT2D eigenvalue weighted by Gasteiger charge is 2.32. The summed E-state index contributed by atoms with van der Waals surface area (Å²) in [5.74, 6) is -0.192. The zero-order valence-electron chi connectivity index (χ0n) is 16.7. The average Bonchev–Trinajstić information content (AvgIpc) is 2.74. The van der Waals surface area contributed by atoms with Crippen molar-refractivity contribution in [3.63, 3.8) is 0 Å². The molecule has 2 aromatic heterocycles. The van der Waals surface area contributed by atoms with Crippen LogP contribution < -0.4 is 10.6 Å². The first-order valence-corrected chi connectivity index (χ1v) is 9.68. The summed E-state index contributed by atoms with van der Waals surface area (Å²) in [5.41, 5.74) is 2.41. The second-order valence-electron chi connectivity index (χ2n) is 7.32. The molecule has 2 amide bonds. The molecular weight excluding hydrogens is 407 g/mol. The summed E-state index contributed by atoms with van der Waals surface area (Å²) in [7, 11) is 2.07. The smallest absolute Gasteiger partial charge is 0.307 e. The van der Waals surface area contributed by atoms with Crippen LogP contribution in [0.15, 0.2) is 54.7 Å². The Bertz CT molecular complexity index is 1160. The highest BCUT2D eigenvalue weighted by atomic mass is 19.4. The zero-order valence-corrected chi connectivity index (χ0v) is 16.7. The SMILES string of the molecule is CN1CC=C(c2ccc3nccc(NC(=O)Nc4cccc(C(F)(F)F)n4)c3c2)CC1. The van der Waals surface area contributed by atoms with Gasteiger partial charge in [-0.1, -0.05) is 18.2 Å². The molecule has 1 aliphatic rings. The molecule has 0 saturated heterocycles. The number of hydrogen-bond acceptors (Lipinski definition) is 4. The van der Waals surface area contributed by atoms with E-state index in [1.54, 1.807) is 12.3 Å². The Labute approximate surface area is 176 Å². The number of benzene rings is 1. The summed E-state index contributed by atoms with van der Waals surface area (Å²) < 4.78 is 38.5. The number of likely N-dealkylation sites (N-methyl/N-ethyl adjacent to an activating group) is 1. The molecule has 0 aliphatic carbocycles. The number of fused-ring (bicyclic) bond motifs is 1. The van der Waals surface area contributed by atoms with Crippen molar-refractivity contribution in [2.45, 2.75) is 12.6 Å². The minimum absolute atomic E-state index is 0.192. The van der Waals surface area contributed by atoms with Gasteiger partial charge in [-0.2, -0.15) is 13.2 Å². The highest BCUT2D eigenvalue weighted by molar-refractivity contribution is 6.05. The molecule has 0 radical (unpaired) electrons. The van der Waals surface area contributed by atoms with E-state index in [0.717, 1.165) is 36.5 Å². The van der Waals surface area contributed by atoms with Crippen LogP contribution in [0, 0.1) is 0 Å². The van der Waals surface area contributed by atoms with Gasteiger partial charge in [0.2, 0.25) is 0 Å². The number of nitrogens with zero attached hydrogens (tertiary/aromatic N) is 3. The van der Waals surface area contributed by atoms with Crippen LogP contribution >= 0.6 is 0 Å². The lowest BCUT2D eigenvalue weighted by molar-refractivity contribution is -0.141. The Morgan fingerprint density at radius 1 is 1.13 bits per heavy atom. The predicted molar refractivity (Wildman–Crippen MR) is 114 cm³/mol. The zero-order chi connectivity index (χ0) is 22.0. The molecule has 0 unspecified atom stereocenters. The second kappa shape index (κ2) is 8.35. The average molecular weight is 427 g/mol. The number of halogens is 3. The monoisotopic (exact) mass is 427 g/mol. The molecule has 3 aromatic rings. The fourth-order valence-electron chi connectivity index (χ4n) is 3.42. The quantitative estimate of drug-likeness (QED) is 0.616. The van der Waals surface area contributed by atoms with Crippen LogP contribution in [0.25, 0.3) is 16.5 Å². The van der Waals surface area contributed by atoms with Gasteiger partial charge in [0.15, 0.2) is 0 Å². The van der Waals surface area contributed by atoms with E-state index < -0.39 is 17.9 Å². The van der Waals surface area contributed by atoms with Crippen molar-refractivity contribution in [2.24, 2.45) is 0 Å². The van der Waals surface area contributed by atoms with E-state index in [0.29, 0.717) is 11.2 Å². The first kappa shape index (κ1) is 20.8. The van der Waals surface area contributed by atoms with Crippen molar-refractivity contribution in [1.82, 2.24) is 14.9 Å². The maximum Gasteiger partial charge on any atom is 0.433 e. The molecule has 31 heavy (non-hydrogen) atoms. The number of urea groups is 1. The van der Waals surface area contributed by atoms with Gasteiger partial charge in [-0.25, -0.2) is 9.78 Å². The number of alkyl halides is 3. The fourth-order valence-corrected chi connectivity index (χ4v) is 3.42. The molecule has 0 bridgehead atoms. The van der Waals surface area contributed by atoms with E-state index in [1.165, 1.54) is 17.7 Å². The molecule has 4 rings (SSSR count). The first-order valence-electron chi connectivity index (χ1n) is 9.68. The third kappa shape index (κ3) is 4.83. The van der Waals surface area contributed by atoms with Crippen molar-refractivity contribution < 1.29 is 18.0 Å². The van der Waals surface area contributed by atoms with E-state index in [1.807, 2.05) is 18.2 Å². The van der Waals surface area contributed by atoms with E-state index in [9.17, 15) is 18.0 Å². The molecule has 1 aliphatic heterocycles. The fraction of sp³-hybridized carbons (Fsp3) is 0.227. The van der Waals surface area contributed by atoms with Crippen LogP contribution in [0.1, 0.15) is 17.7 Å². The summed E-state index contributed by atoms with van der Waals surface area (Å²) in [6.07, 6.45) is 0.0797. The van der Waals surface area contributed by atoms with Gasteiger partial charge >= 0.3 is 12.2 Å². The molecule has 2 N–H and O–H groups in total. The molecule has 1 aromatic carbocycles. The van der Waals surface area contributed by atoms with Gasteiger partial charge in [0.25, 0.3) is 0 Å². The van der Waals surface area contributed by atoms with Crippen LogP contribution in [0.2, 0.25) is 0 Å². The van der Waals surface area contributed by atoms with Gasteiger partial charge in [0.05, 0.1) is 11.2 Å². The van der Waals surface area contributed by atoms with Crippen LogP contribution in [-0.2, 0) is 6.18 Å². The van der Waals surface area contributed by atoms with Crippen molar-refractivity contribution in [2.75, 3.05) is 30.8 Å². The number of rotatable bonds is 3. The number of carbonyl (C=O) groups is 1. The summed E-state index contributed by atoms with van der Waals surface area (Å²) in [6.45, 7) is 1.84. The Morgan fingerprint density at radius 2 is 1.97 bits per heavy atom. The van der Waals surface area contributed by atoms with E-state index >= 15 is 0 Å². The highest BCUT2D eigenvalue weighted by Crippen LogP contribution is 2.30. The maximum atomic E-state index is 12.8. The van der Waals surface area contributed by atoms with Crippen LogP contribution in [0.5, 0.6) is 0 Å². The molecule has 0 saturated carbocycles. The topological polar surface area (TPSA) is 70.2 Å². The van der Waals surface area contributed by atoms with Crippen molar-refractivity contribution >= 4 is 34.0 Å². The van der Waals surface area contributed by atoms with Crippen LogP contribution in [-0.4, -0.2) is 41.0 Å². The second-order valence-corrected chi connectivity index (χ2v) is 7.32. The maximum absolute atomic E-state index is 12.8. The largest absolute Gasteiger partial charge is 0.433 e. The number of amides is 2. The van der Waals surface area contributed by atoms with E-state index in [-0.39, 0.29) is 5.82 Å². The van der Waals surface area contributed by atoms with Gasteiger partial charge < -0.3 is 10.2 Å². The number of aromatic nitrogens is 2. The molecule has 6 nitrogen and oxygen atoms in total. The van der Waals surface area contributed by atoms with Gasteiger partial charge in [-0.15, -0.1) is 0 Å². The van der Waals surface area contributed by atoms with Crippen molar-refractivity contribution in [3.8, 4) is 0 Å². The predicted octanol–water partition coefficient (Wildman–Crippen LogP) is 5.01. The lowest BCUT2D eigenvalue weighted by atomic mass is 9.98. The molecule has 0 atom stereocenters. The Kier molecular flexibility index (Phi) is 5.60. The molecule has 0 spiro atoms. The third-order valence-corrected chi connectivity index (χ3v) is 5.05. The molecule has 9 heteroatoms. The Morgan fingerprint density at radius 3 is 2.71 bits per heavy atom. The summed E-state index contributed by atoms with van der Waals surface area (Å²) in [6, 6.07) is 10.1. The first-order chi connectivity index (χ1) is 14.8. The number of hydrogen-bond donors (Lipinski definition) is 2. The number of anilines is 2. The normalized spacial score (nSPS) is 14.9. The molecule has 0 fully saturated rings. The molecule has 3 heterocycles. The molecular formula is C22H20F3N5O. The number of carbonyl (C=O) groups excluding carboxylic acids is 1. The Hall–Kier alpha value is -3.46. The van der Waals surface area contributed by atoms with Gasteiger partial charge in [-0.3, -0.25) is 10.3 Å². The van der Waals surface area contributed by atoms with Gasteiger partial charge in [0, 0.05) is 24.7 Å². The number of nitrogens with one attached hydrogen (secondary N) is 2. The lowest BCUT2D eigenvalue weighted by Crippen LogP contribution is -2.23. The number of pyridine rings is 2. The van der Waals surface area contributed by atoms with E-state index in [2.05, 4.69) is 38.6 Å². The van der Waals surface area contributed by atoms with Gasteiger partial charge in [0.1, 0.15) is 11.5 Å². The summed E-state index contributed by atoms with van der Waals surface area (Å²) in [4.78, 5) is 22.4. The van der Waals surface area contributed by atoms with Crippen molar-refractivity contribution in [1.29, 1.82) is 0 Å². The minimum atomic E-state index is -4.59. The standard InChI is InChI=1S/C22H20F3N5O/c1-30-11-8-14(9-12-30)15-5-6-17-16(13-15)18(7-10-26-17)27-21(31)29-20-4-2-3-19(28-20)22(23,24)25/h2-8,10,13H,9,11-12H2,1H3,(H2,26,27,28,29,31). The van der Waals surface area contributed by atoms with Crippen LogP contribution in [0.4, 0.5) is 29.5 Å². The van der Waals surface area contributed by atoms with Crippen LogP contribution in [0.3, 0.4) is 0 Å². The van der Waals surface area contributed by atoms with Crippen molar-refractivity contribution in [3.05, 3.63) is 66.0 Å². The summed E-state index contributed by atoms with van der Waals surface area (Å²) in [5, 5.41) is 5.78. The van der Waals surface area contributed by atoms with E-state index in [4.69, 9.17) is 0 Å². The minimum Gasteiger partial charge on any atom is -0.307 e. The summed E-state index contributed by atoms with van der Waals surface area (Å²) >= 11 is 0.